The van der Waals surface area contributed by atoms with Crippen molar-refractivity contribution in [1.29, 1.82) is 0 Å². The second-order valence-electron chi connectivity index (χ2n) is 8.45. The van der Waals surface area contributed by atoms with E-state index in [-0.39, 0.29) is 5.56 Å². The Hall–Kier alpha value is -4.68. The standard InChI is InChI=1S/C30H20ClN3O3/c31-23-12-15-27-22(16-23)17-28(37-27)29-33-26-9-5-4-8-25(26)30(35)34(29)32-18-20-10-13-24(14-11-20)36-19-21-6-2-1-3-7-21/h1-18H,19H2. The highest BCUT2D eigenvalue weighted by atomic mass is 35.5. The van der Waals surface area contributed by atoms with Crippen LogP contribution in [0.1, 0.15) is 11.1 Å². The lowest BCUT2D eigenvalue weighted by atomic mass is 10.2. The first-order valence-electron chi connectivity index (χ1n) is 11.7. The van der Waals surface area contributed by atoms with Crippen LogP contribution in [0.3, 0.4) is 0 Å². The smallest absolute Gasteiger partial charge is 0.282 e. The van der Waals surface area contributed by atoms with Crippen molar-refractivity contribution in [3.8, 4) is 17.3 Å². The van der Waals surface area contributed by atoms with E-state index in [9.17, 15) is 4.79 Å². The fourth-order valence-corrected chi connectivity index (χ4v) is 4.21. The molecule has 4 aromatic carbocycles. The van der Waals surface area contributed by atoms with Gasteiger partial charge in [-0.25, -0.2) is 4.98 Å². The second kappa shape index (κ2) is 9.76. The summed E-state index contributed by atoms with van der Waals surface area (Å²) in [5.41, 5.74) is 2.81. The van der Waals surface area contributed by atoms with Gasteiger partial charge in [-0.3, -0.25) is 4.79 Å². The molecular formula is C30H20ClN3O3. The van der Waals surface area contributed by atoms with E-state index in [4.69, 9.17) is 25.7 Å². The first-order valence-corrected chi connectivity index (χ1v) is 12.0. The largest absolute Gasteiger partial charge is 0.489 e. The summed E-state index contributed by atoms with van der Waals surface area (Å²) in [6.45, 7) is 0.485. The number of fused-ring (bicyclic) bond motifs is 2. The van der Waals surface area contributed by atoms with Gasteiger partial charge in [0.25, 0.3) is 5.56 Å². The fourth-order valence-electron chi connectivity index (χ4n) is 4.03. The normalized spacial score (nSPS) is 11.5. The number of rotatable bonds is 6. The maximum atomic E-state index is 13.4. The molecule has 0 radical (unpaired) electrons. The first-order chi connectivity index (χ1) is 18.1. The number of furan rings is 1. The zero-order valence-electron chi connectivity index (χ0n) is 19.5. The van der Waals surface area contributed by atoms with Crippen LogP contribution >= 0.6 is 11.6 Å². The number of halogens is 1. The van der Waals surface area contributed by atoms with Gasteiger partial charge < -0.3 is 9.15 Å². The molecule has 0 spiro atoms. The summed E-state index contributed by atoms with van der Waals surface area (Å²) in [6, 6.07) is 31.8. The van der Waals surface area contributed by atoms with Gasteiger partial charge in [0.05, 0.1) is 17.1 Å². The van der Waals surface area contributed by atoms with Gasteiger partial charge in [0.2, 0.25) is 5.82 Å². The Bertz CT molecular complexity index is 1810. The summed E-state index contributed by atoms with van der Waals surface area (Å²) in [7, 11) is 0. The van der Waals surface area contributed by atoms with Crippen molar-refractivity contribution in [3.05, 3.63) is 130 Å². The molecule has 2 aromatic heterocycles. The quantitative estimate of drug-likeness (QED) is 0.230. The van der Waals surface area contributed by atoms with Crippen LogP contribution in [-0.2, 0) is 6.61 Å². The molecule has 0 fully saturated rings. The molecule has 6 aromatic rings. The van der Waals surface area contributed by atoms with Crippen LogP contribution in [0.2, 0.25) is 5.02 Å². The van der Waals surface area contributed by atoms with Crippen molar-refractivity contribution >= 4 is 39.7 Å². The molecule has 6 nitrogen and oxygen atoms in total. The molecule has 2 heterocycles. The van der Waals surface area contributed by atoms with Gasteiger partial charge in [0.15, 0.2) is 5.76 Å². The molecule has 7 heteroatoms. The number of para-hydroxylation sites is 1. The Morgan fingerprint density at radius 1 is 0.919 bits per heavy atom. The van der Waals surface area contributed by atoms with Crippen molar-refractivity contribution in [3.63, 3.8) is 0 Å². The minimum absolute atomic E-state index is 0.293. The number of nitrogens with zero attached hydrogens (tertiary/aromatic N) is 3. The van der Waals surface area contributed by atoms with E-state index in [2.05, 4.69) is 5.10 Å². The average molecular weight is 506 g/mol. The lowest BCUT2D eigenvalue weighted by molar-refractivity contribution is 0.306. The summed E-state index contributed by atoms with van der Waals surface area (Å²) >= 11 is 6.14. The first kappa shape index (κ1) is 22.8. The summed E-state index contributed by atoms with van der Waals surface area (Å²) < 4.78 is 13.1. The molecule has 0 saturated carbocycles. The fraction of sp³-hybridized carbons (Fsp3) is 0.0333. The van der Waals surface area contributed by atoms with Crippen molar-refractivity contribution in [2.24, 2.45) is 5.10 Å². The third-order valence-corrected chi connectivity index (χ3v) is 6.14. The van der Waals surface area contributed by atoms with E-state index in [0.717, 1.165) is 22.3 Å². The van der Waals surface area contributed by atoms with Crippen LogP contribution in [0, 0.1) is 0 Å². The number of hydrogen-bond donors (Lipinski definition) is 0. The maximum Gasteiger partial charge on any atom is 0.282 e. The maximum absolute atomic E-state index is 13.4. The van der Waals surface area contributed by atoms with Gasteiger partial charge in [-0.1, -0.05) is 54.1 Å². The minimum Gasteiger partial charge on any atom is -0.489 e. The highest BCUT2D eigenvalue weighted by Crippen LogP contribution is 2.29. The topological polar surface area (TPSA) is 69.6 Å². The minimum atomic E-state index is -0.293. The van der Waals surface area contributed by atoms with Crippen molar-refractivity contribution in [2.75, 3.05) is 0 Å². The van der Waals surface area contributed by atoms with Gasteiger partial charge in [0.1, 0.15) is 17.9 Å². The van der Waals surface area contributed by atoms with Gasteiger partial charge >= 0.3 is 0 Å². The zero-order chi connectivity index (χ0) is 25.2. The molecule has 0 aliphatic heterocycles. The number of hydrogen-bond acceptors (Lipinski definition) is 5. The zero-order valence-corrected chi connectivity index (χ0v) is 20.3. The predicted molar refractivity (Wildman–Crippen MR) is 146 cm³/mol. The van der Waals surface area contributed by atoms with Gasteiger partial charge in [-0.15, -0.1) is 0 Å². The summed E-state index contributed by atoms with van der Waals surface area (Å²) in [5, 5.41) is 6.38. The van der Waals surface area contributed by atoms with Crippen molar-refractivity contribution < 1.29 is 9.15 Å². The Labute approximate surface area is 217 Å². The Morgan fingerprint density at radius 3 is 2.54 bits per heavy atom. The van der Waals surface area contributed by atoms with E-state index < -0.39 is 0 Å². The molecule has 0 N–H and O–H groups in total. The second-order valence-corrected chi connectivity index (χ2v) is 8.89. The predicted octanol–water partition coefficient (Wildman–Crippen LogP) is 6.92. The third-order valence-electron chi connectivity index (χ3n) is 5.90. The summed E-state index contributed by atoms with van der Waals surface area (Å²) in [5.74, 6) is 1.46. The number of aromatic nitrogens is 2. The van der Waals surface area contributed by atoms with Crippen molar-refractivity contribution in [1.82, 2.24) is 9.66 Å². The van der Waals surface area contributed by atoms with Crippen LogP contribution in [0.15, 0.2) is 117 Å². The number of ether oxygens (including phenoxy) is 1. The van der Waals surface area contributed by atoms with Crippen LogP contribution in [0.25, 0.3) is 33.5 Å². The lowest BCUT2D eigenvalue weighted by Gasteiger charge is -2.08. The van der Waals surface area contributed by atoms with Crippen molar-refractivity contribution in [2.45, 2.75) is 6.61 Å². The molecule has 0 aliphatic rings. The third kappa shape index (κ3) is 4.75. The SMILES string of the molecule is O=c1c2ccccc2nc(-c2cc3cc(Cl)ccc3o2)n1N=Cc1ccc(OCc2ccccc2)cc1. The van der Waals surface area contributed by atoms with E-state index in [1.165, 1.54) is 4.68 Å². The Balaban J connectivity index is 1.34. The van der Waals surface area contributed by atoms with E-state index in [0.29, 0.717) is 39.7 Å². The molecule has 0 saturated heterocycles. The van der Waals surface area contributed by atoms with Gasteiger partial charge in [-0.05, 0) is 71.8 Å². The average Bonchev–Trinajstić information content (AvgIpc) is 3.35. The van der Waals surface area contributed by atoms with E-state index in [1.807, 2.05) is 66.7 Å². The van der Waals surface area contributed by atoms with Crippen LogP contribution in [0.5, 0.6) is 5.75 Å². The highest BCUT2D eigenvalue weighted by Gasteiger charge is 2.16. The Kier molecular flexibility index (Phi) is 6.00. The molecule has 0 bridgehead atoms. The molecule has 180 valence electrons. The lowest BCUT2D eigenvalue weighted by Crippen LogP contribution is -2.20. The number of benzene rings is 4. The van der Waals surface area contributed by atoms with E-state index >= 15 is 0 Å². The summed E-state index contributed by atoms with van der Waals surface area (Å²) in [4.78, 5) is 18.1. The molecule has 6 rings (SSSR count). The molecule has 37 heavy (non-hydrogen) atoms. The van der Waals surface area contributed by atoms with Gasteiger partial charge in [-0.2, -0.15) is 9.78 Å². The van der Waals surface area contributed by atoms with Crippen LogP contribution < -0.4 is 10.3 Å². The molecular weight excluding hydrogens is 486 g/mol. The van der Waals surface area contributed by atoms with Crippen LogP contribution in [0.4, 0.5) is 0 Å². The van der Waals surface area contributed by atoms with E-state index in [1.54, 1.807) is 42.6 Å². The molecule has 0 atom stereocenters. The molecule has 0 amide bonds. The monoisotopic (exact) mass is 505 g/mol. The van der Waals surface area contributed by atoms with Crippen LogP contribution in [-0.4, -0.2) is 15.9 Å². The molecule has 0 aliphatic carbocycles. The van der Waals surface area contributed by atoms with Gasteiger partial charge in [0, 0.05) is 10.4 Å². The summed E-state index contributed by atoms with van der Waals surface area (Å²) in [6.07, 6.45) is 1.61. The Morgan fingerprint density at radius 2 is 1.70 bits per heavy atom. The molecule has 0 unspecified atom stereocenters. The highest BCUT2D eigenvalue weighted by molar-refractivity contribution is 6.31.